The second-order valence-electron chi connectivity index (χ2n) is 4.77. The Morgan fingerprint density at radius 1 is 1.25 bits per heavy atom. The molecule has 1 rings (SSSR count). The molecule has 5 nitrogen and oxygen atoms in total. The van der Waals surface area contributed by atoms with Gasteiger partial charge in [0.05, 0.1) is 6.10 Å². The summed E-state index contributed by atoms with van der Waals surface area (Å²) in [6, 6.07) is 4.12. The first-order valence-electron chi connectivity index (χ1n) is 6.19. The molecule has 6 heteroatoms. The molecule has 0 fully saturated rings. The van der Waals surface area contributed by atoms with E-state index in [-0.39, 0.29) is 12.0 Å². The maximum atomic E-state index is 12.3. The Hall–Kier alpha value is -1.56. The molecule has 0 aromatic heterocycles. The molecule has 110 valence electrons. The number of hydrogen-bond acceptors (Lipinski definition) is 3. The van der Waals surface area contributed by atoms with Crippen molar-refractivity contribution in [3.05, 3.63) is 28.2 Å². The van der Waals surface area contributed by atoms with Crippen LogP contribution in [0.25, 0.3) is 0 Å². The molecule has 0 radical (unpaired) electrons. The Bertz CT molecular complexity index is 516. The predicted molar refractivity (Wildman–Crippen MR) is 79.1 cm³/mol. The molecule has 1 unspecified atom stereocenters. The Kier molecular flexibility index (Phi) is 5.56. The maximum absolute atomic E-state index is 12.3. The number of carboxylic acids is 1. The Morgan fingerprint density at radius 3 is 2.35 bits per heavy atom. The Morgan fingerprint density at radius 2 is 1.85 bits per heavy atom. The van der Waals surface area contributed by atoms with Crippen molar-refractivity contribution < 1.29 is 19.4 Å². The molecule has 0 aliphatic carbocycles. The number of carboxylic acid groups (broad SMARTS) is 1. The molecular weight excluding hydrogens is 326 g/mol. The van der Waals surface area contributed by atoms with Crippen LogP contribution in [0, 0.1) is 0 Å². The van der Waals surface area contributed by atoms with Crippen LogP contribution >= 0.6 is 15.9 Å². The standard InChI is InChI=1S/C14H18BrNO4/c1-8(2)20-12-6-10(5-11(15)7-12)13(17)16(4)9(3)14(18)19/h5-9H,1-4H3,(H,18,19). The first-order chi connectivity index (χ1) is 9.22. The molecule has 20 heavy (non-hydrogen) atoms. The van der Waals surface area contributed by atoms with E-state index in [9.17, 15) is 9.59 Å². The van der Waals surface area contributed by atoms with E-state index in [1.807, 2.05) is 13.8 Å². The van der Waals surface area contributed by atoms with Gasteiger partial charge in [0.25, 0.3) is 5.91 Å². The van der Waals surface area contributed by atoms with E-state index >= 15 is 0 Å². The summed E-state index contributed by atoms with van der Waals surface area (Å²) in [5.41, 5.74) is 0.380. The van der Waals surface area contributed by atoms with E-state index < -0.39 is 12.0 Å². The van der Waals surface area contributed by atoms with Crippen molar-refractivity contribution in [3.8, 4) is 5.75 Å². The van der Waals surface area contributed by atoms with Gasteiger partial charge >= 0.3 is 5.97 Å². The zero-order chi connectivity index (χ0) is 15.4. The van der Waals surface area contributed by atoms with E-state index in [0.29, 0.717) is 15.8 Å². The number of nitrogens with zero attached hydrogens (tertiary/aromatic N) is 1. The fourth-order valence-corrected chi connectivity index (χ4v) is 2.04. The number of ether oxygens (including phenoxy) is 1. The summed E-state index contributed by atoms with van der Waals surface area (Å²) in [5, 5.41) is 8.95. The number of aliphatic carboxylic acids is 1. The molecule has 0 saturated carbocycles. The number of halogens is 1. The number of likely N-dealkylation sites (N-methyl/N-ethyl adjacent to an activating group) is 1. The quantitative estimate of drug-likeness (QED) is 0.892. The summed E-state index contributed by atoms with van der Waals surface area (Å²) in [6.07, 6.45) is -0.0112. The maximum Gasteiger partial charge on any atom is 0.326 e. The summed E-state index contributed by atoms with van der Waals surface area (Å²) in [7, 11) is 1.46. The summed E-state index contributed by atoms with van der Waals surface area (Å²) < 4.78 is 6.26. The van der Waals surface area contributed by atoms with Gasteiger partial charge in [-0.2, -0.15) is 0 Å². The molecule has 0 aliphatic rings. The third kappa shape index (κ3) is 4.23. The average molecular weight is 344 g/mol. The van der Waals surface area contributed by atoms with Gasteiger partial charge in [0.1, 0.15) is 11.8 Å². The number of carbonyl (C=O) groups is 2. The van der Waals surface area contributed by atoms with Crippen LogP contribution in [0.5, 0.6) is 5.75 Å². The van der Waals surface area contributed by atoms with Crippen LogP contribution in [-0.2, 0) is 4.79 Å². The van der Waals surface area contributed by atoms with Gasteiger partial charge in [0, 0.05) is 17.1 Å². The molecule has 0 heterocycles. The van der Waals surface area contributed by atoms with Crippen LogP contribution in [0.15, 0.2) is 22.7 Å². The van der Waals surface area contributed by atoms with Crippen molar-refractivity contribution >= 4 is 27.8 Å². The van der Waals surface area contributed by atoms with Gasteiger partial charge in [-0.3, -0.25) is 4.79 Å². The minimum Gasteiger partial charge on any atom is -0.491 e. The first kappa shape index (κ1) is 16.5. The van der Waals surface area contributed by atoms with Crippen molar-refractivity contribution in [1.29, 1.82) is 0 Å². The summed E-state index contributed by atoms with van der Waals surface area (Å²) in [6.45, 7) is 5.24. The smallest absolute Gasteiger partial charge is 0.326 e. The lowest BCUT2D eigenvalue weighted by Crippen LogP contribution is -2.40. The SMILES string of the molecule is CC(C)Oc1cc(Br)cc(C(=O)N(C)C(C)C(=O)O)c1. The monoisotopic (exact) mass is 343 g/mol. The fourth-order valence-electron chi connectivity index (χ4n) is 1.57. The second-order valence-corrected chi connectivity index (χ2v) is 5.69. The zero-order valence-electron chi connectivity index (χ0n) is 11.9. The minimum atomic E-state index is -1.05. The third-order valence-corrected chi connectivity index (χ3v) is 3.21. The van der Waals surface area contributed by atoms with Crippen molar-refractivity contribution in [2.24, 2.45) is 0 Å². The van der Waals surface area contributed by atoms with Crippen molar-refractivity contribution in [2.45, 2.75) is 32.9 Å². The fraction of sp³-hybridized carbons (Fsp3) is 0.429. The molecule has 1 atom stereocenters. The van der Waals surface area contributed by atoms with E-state index in [2.05, 4.69) is 15.9 Å². The van der Waals surface area contributed by atoms with Gasteiger partial charge in [-0.25, -0.2) is 4.79 Å². The van der Waals surface area contributed by atoms with Gasteiger partial charge in [0.15, 0.2) is 0 Å². The molecular formula is C14H18BrNO4. The average Bonchev–Trinajstić information content (AvgIpc) is 2.34. The largest absolute Gasteiger partial charge is 0.491 e. The summed E-state index contributed by atoms with van der Waals surface area (Å²) >= 11 is 3.32. The number of carbonyl (C=O) groups excluding carboxylic acids is 1. The minimum absolute atomic E-state index is 0.0112. The van der Waals surface area contributed by atoms with Gasteiger partial charge in [-0.15, -0.1) is 0 Å². The first-order valence-corrected chi connectivity index (χ1v) is 6.99. The van der Waals surface area contributed by atoms with Gasteiger partial charge in [-0.1, -0.05) is 15.9 Å². The lowest BCUT2D eigenvalue weighted by Gasteiger charge is -2.22. The van der Waals surface area contributed by atoms with Crippen LogP contribution in [-0.4, -0.2) is 41.1 Å². The molecule has 1 aromatic rings. The van der Waals surface area contributed by atoms with Crippen molar-refractivity contribution in [2.75, 3.05) is 7.05 Å². The topological polar surface area (TPSA) is 66.8 Å². The summed E-state index contributed by atoms with van der Waals surface area (Å²) in [5.74, 6) is -0.849. The normalized spacial score (nSPS) is 12.1. The van der Waals surface area contributed by atoms with E-state index in [1.165, 1.54) is 18.9 Å². The number of rotatable bonds is 5. The van der Waals surface area contributed by atoms with Crippen LogP contribution in [0.3, 0.4) is 0 Å². The number of benzene rings is 1. The van der Waals surface area contributed by atoms with Crippen molar-refractivity contribution in [3.63, 3.8) is 0 Å². The van der Waals surface area contributed by atoms with Gasteiger partial charge in [-0.05, 0) is 39.0 Å². The molecule has 1 aromatic carbocycles. The second kappa shape index (κ2) is 6.74. The van der Waals surface area contributed by atoms with Gasteiger partial charge in [0.2, 0.25) is 0 Å². The van der Waals surface area contributed by atoms with Crippen molar-refractivity contribution in [1.82, 2.24) is 4.90 Å². The number of amides is 1. The molecule has 1 N–H and O–H groups in total. The predicted octanol–water partition coefficient (Wildman–Crippen LogP) is 2.78. The molecule has 0 bridgehead atoms. The highest BCUT2D eigenvalue weighted by atomic mass is 79.9. The lowest BCUT2D eigenvalue weighted by atomic mass is 10.1. The molecule has 0 saturated heterocycles. The van der Waals surface area contributed by atoms with Crippen LogP contribution in [0.1, 0.15) is 31.1 Å². The zero-order valence-corrected chi connectivity index (χ0v) is 13.5. The third-order valence-electron chi connectivity index (χ3n) is 2.75. The molecule has 1 amide bonds. The molecule has 0 aliphatic heterocycles. The van der Waals surface area contributed by atoms with E-state index in [0.717, 1.165) is 0 Å². The summed E-state index contributed by atoms with van der Waals surface area (Å²) in [4.78, 5) is 24.4. The number of hydrogen-bond donors (Lipinski definition) is 1. The van der Waals surface area contributed by atoms with Crippen LogP contribution in [0.4, 0.5) is 0 Å². The Balaban J connectivity index is 3.03. The lowest BCUT2D eigenvalue weighted by molar-refractivity contribution is -0.141. The van der Waals surface area contributed by atoms with E-state index in [1.54, 1.807) is 18.2 Å². The molecule has 0 spiro atoms. The van der Waals surface area contributed by atoms with Gasteiger partial charge < -0.3 is 14.7 Å². The highest BCUT2D eigenvalue weighted by Crippen LogP contribution is 2.23. The van der Waals surface area contributed by atoms with Crippen LogP contribution in [0.2, 0.25) is 0 Å². The van der Waals surface area contributed by atoms with E-state index in [4.69, 9.17) is 9.84 Å². The highest BCUT2D eigenvalue weighted by Gasteiger charge is 2.23. The highest BCUT2D eigenvalue weighted by molar-refractivity contribution is 9.10. The Labute approximate surface area is 126 Å². The van der Waals surface area contributed by atoms with Crippen LogP contribution < -0.4 is 4.74 Å².